The van der Waals surface area contributed by atoms with E-state index in [1.165, 1.54) is 6.92 Å². The normalized spacial score (nSPS) is 8.32. The van der Waals surface area contributed by atoms with E-state index in [-0.39, 0.29) is 6.61 Å². The molecule has 2 rings (SSSR count). The molecule has 118 valence electrons. The molecule has 0 aliphatic carbocycles. The summed E-state index contributed by atoms with van der Waals surface area (Å²) >= 11 is 0. The van der Waals surface area contributed by atoms with E-state index in [0.717, 1.165) is 12.0 Å². The lowest BCUT2D eigenvalue weighted by molar-refractivity contribution is -0.106. The molecule has 0 aliphatic rings. The van der Waals surface area contributed by atoms with Crippen molar-refractivity contribution in [2.45, 2.75) is 27.4 Å². The first-order valence-corrected chi connectivity index (χ1v) is 7.04. The predicted molar refractivity (Wildman–Crippen MR) is 87.6 cm³/mol. The molecular weight excluding hydrogens is 280 g/mol. The molecule has 5 nitrogen and oxygen atoms in total. The predicted octanol–water partition coefficient (Wildman–Crippen LogP) is 4.06. The Kier molecular flexibility index (Phi) is 11.7. The van der Waals surface area contributed by atoms with Crippen molar-refractivity contribution in [1.29, 1.82) is 0 Å². The fourth-order valence-electron chi connectivity index (χ4n) is 1.30. The van der Waals surface area contributed by atoms with Gasteiger partial charge in [0.2, 0.25) is 0 Å². The van der Waals surface area contributed by atoms with Gasteiger partial charge in [-0.2, -0.15) is 0 Å². The van der Waals surface area contributed by atoms with Crippen molar-refractivity contribution in [3.05, 3.63) is 60.4 Å². The standard InChI is InChI=1S/C13H12N2O2.C2H4O.C2H6/c16-13(15-11-6-2-1-3-7-11)17-10-12-8-4-5-9-14-12;1-2-3;1-2/h1-9H,10H2,(H,15,16);2H,1H3;1-2H3. The van der Waals surface area contributed by atoms with Crippen molar-refractivity contribution in [2.24, 2.45) is 0 Å². The number of nitrogens with one attached hydrogen (secondary N) is 1. The topological polar surface area (TPSA) is 68.3 Å². The molecule has 1 N–H and O–H groups in total. The Morgan fingerprint density at radius 1 is 1.14 bits per heavy atom. The van der Waals surface area contributed by atoms with Crippen molar-refractivity contribution in [1.82, 2.24) is 4.98 Å². The van der Waals surface area contributed by atoms with Crippen LogP contribution in [0.2, 0.25) is 0 Å². The Labute approximate surface area is 131 Å². The minimum absolute atomic E-state index is 0.166. The number of para-hydroxylation sites is 1. The first-order chi connectivity index (χ1) is 10.8. The second-order valence-electron chi connectivity index (χ2n) is 3.62. The minimum Gasteiger partial charge on any atom is -0.443 e. The summed E-state index contributed by atoms with van der Waals surface area (Å²) < 4.78 is 5.02. The maximum Gasteiger partial charge on any atom is 0.412 e. The average Bonchev–Trinajstić information content (AvgIpc) is 2.57. The SMILES string of the molecule is CC.CC=O.O=C(Nc1ccccc1)OCc1ccccn1. The van der Waals surface area contributed by atoms with Gasteiger partial charge < -0.3 is 9.53 Å². The number of ether oxygens (including phenoxy) is 1. The van der Waals surface area contributed by atoms with Gasteiger partial charge in [0.05, 0.1) is 5.69 Å². The number of hydrogen-bond donors (Lipinski definition) is 1. The van der Waals surface area contributed by atoms with Crippen molar-refractivity contribution >= 4 is 18.1 Å². The molecule has 1 aromatic heterocycles. The van der Waals surface area contributed by atoms with Crippen LogP contribution in [0, 0.1) is 0 Å². The van der Waals surface area contributed by atoms with Crippen LogP contribution in [-0.2, 0) is 16.1 Å². The van der Waals surface area contributed by atoms with Gasteiger partial charge in [-0.05, 0) is 31.2 Å². The molecule has 0 radical (unpaired) electrons. The molecule has 0 unspecified atom stereocenters. The van der Waals surface area contributed by atoms with E-state index in [9.17, 15) is 4.79 Å². The molecular formula is C17H22N2O3. The molecule has 0 aliphatic heterocycles. The highest BCUT2D eigenvalue weighted by Gasteiger charge is 2.03. The molecule has 2 aromatic rings. The van der Waals surface area contributed by atoms with Gasteiger partial charge in [0, 0.05) is 11.9 Å². The molecule has 1 aromatic carbocycles. The van der Waals surface area contributed by atoms with E-state index < -0.39 is 6.09 Å². The lowest BCUT2D eigenvalue weighted by Gasteiger charge is -2.06. The third-order valence-electron chi connectivity index (χ3n) is 2.10. The Hall–Kier alpha value is -2.69. The highest BCUT2D eigenvalue weighted by atomic mass is 16.5. The van der Waals surface area contributed by atoms with Gasteiger partial charge in [0.1, 0.15) is 12.9 Å². The zero-order valence-electron chi connectivity index (χ0n) is 13.2. The molecule has 0 bridgehead atoms. The molecule has 5 heteroatoms. The highest BCUT2D eigenvalue weighted by molar-refractivity contribution is 5.84. The summed E-state index contributed by atoms with van der Waals surface area (Å²) in [4.78, 5) is 24.3. The monoisotopic (exact) mass is 302 g/mol. The van der Waals surface area contributed by atoms with Crippen LogP contribution in [0.15, 0.2) is 54.7 Å². The number of carbonyl (C=O) groups excluding carboxylic acids is 2. The van der Waals surface area contributed by atoms with E-state index in [1.54, 1.807) is 24.4 Å². The summed E-state index contributed by atoms with van der Waals surface area (Å²) in [5.74, 6) is 0. The molecule has 1 amide bonds. The van der Waals surface area contributed by atoms with Gasteiger partial charge in [-0.15, -0.1) is 0 Å². The van der Waals surface area contributed by atoms with Crippen molar-refractivity contribution in [3.63, 3.8) is 0 Å². The summed E-state index contributed by atoms with van der Waals surface area (Å²) in [5.41, 5.74) is 1.43. The van der Waals surface area contributed by atoms with Gasteiger partial charge in [0.25, 0.3) is 0 Å². The molecule has 0 saturated carbocycles. The highest BCUT2D eigenvalue weighted by Crippen LogP contribution is 2.06. The second-order valence-corrected chi connectivity index (χ2v) is 3.62. The summed E-state index contributed by atoms with van der Waals surface area (Å²) in [6, 6.07) is 14.6. The third kappa shape index (κ3) is 9.25. The zero-order valence-corrected chi connectivity index (χ0v) is 13.2. The Balaban J connectivity index is 0.000000789. The van der Waals surface area contributed by atoms with Crippen LogP contribution >= 0.6 is 0 Å². The number of aldehydes is 1. The summed E-state index contributed by atoms with van der Waals surface area (Å²) in [7, 11) is 0. The van der Waals surface area contributed by atoms with E-state index in [2.05, 4.69) is 10.3 Å². The fraction of sp³-hybridized carbons (Fsp3) is 0.235. The quantitative estimate of drug-likeness (QED) is 0.868. The van der Waals surface area contributed by atoms with E-state index in [4.69, 9.17) is 9.53 Å². The molecule has 0 fully saturated rings. The summed E-state index contributed by atoms with van der Waals surface area (Å²) in [6.07, 6.45) is 1.93. The molecule has 22 heavy (non-hydrogen) atoms. The van der Waals surface area contributed by atoms with E-state index in [1.807, 2.05) is 44.2 Å². The zero-order chi connectivity index (χ0) is 16.6. The Morgan fingerprint density at radius 3 is 2.27 bits per heavy atom. The first-order valence-electron chi connectivity index (χ1n) is 7.04. The lowest BCUT2D eigenvalue weighted by Crippen LogP contribution is -2.13. The third-order valence-corrected chi connectivity index (χ3v) is 2.10. The maximum atomic E-state index is 11.4. The van der Waals surface area contributed by atoms with Crippen molar-refractivity contribution in [2.75, 3.05) is 5.32 Å². The number of amides is 1. The van der Waals surface area contributed by atoms with Gasteiger partial charge in [0.15, 0.2) is 0 Å². The number of pyridine rings is 1. The molecule has 1 heterocycles. The van der Waals surface area contributed by atoms with Crippen LogP contribution in [0.3, 0.4) is 0 Å². The van der Waals surface area contributed by atoms with E-state index in [0.29, 0.717) is 5.69 Å². The lowest BCUT2D eigenvalue weighted by atomic mass is 10.3. The van der Waals surface area contributed by atoms with Crippen LogP contribution in [0.25, 0.3) is 0 Å². The van der Waals surface area contributed by atoms with Crippen molar-refractivity contribution in [3.8, 4) is 0 Å². The first kappa shape index (κ1) is 19.3. The summed E-state index contributed by atoms with van der Waals surface area (Å²) in [5, 5.41) is 2.62. The minimum atomic E-state index is -0.484. The maximum absolute atomic E-state index is 11.4. The van der Waals surface area contributed by atoms with Crippen LogP contribution < -0.4 is 5.32 Å². The van der Waals surface area contributed by atoms with Crippen LogP contribution in [0.1, 0.15) is 26.5 Å². The largest absolute Gasteiger partial charge is 0.443 e. The molecule has 0 atom stereocenters. The van der Waals surface area contributed by atoms with E-state index >= 15 is 0 Å². The number of rotatable bonds is 3. The van der Waals surface area contributed by atoms with Gasteiger partial charge in [-0.25, -0.2) is 4.79 Å². The number of anilines is 1. The van der Waals surface area contributed by atoms with Crippen molar-refractivity contribution < 1.29 is 14.3 Å². The van der Waals surface area contributed by atoms with Crippen LogP contribution in [-0.4, -0.2) is 17.4 Å². The van der Waals surface area contributed by atoms with Crippen LogP contribution in [0.4, 0.5) is 10.5 Å². The number of hydrogen-bond acceptors (Lipinski definition) is 4. The number of carbonyl (C=O) groups is 2. The average molecular weight is 302 g/mol. The smallest absolute Gasteiger partial charge is 0.412 e. The number of aromatic nitrogens is 1. The Morgan fingerprint density at radius 2 is 1.73 bits per heavy atom. The summed E-state index contributed by atoms with van der Waals surface area (Å²) in [6.45, 7) is 5.61. The number of nitrogens with zero attached hydrogens (tertiary/aromatic N) is 1. The number of benzene rings is 1. The fourth-order valence-corrected chi connectivity index (χ4v) is 1.30. The molecule has 0 saturated heterocycles. The van der Waals surface area contributed by atoms with Gasteiger partial charge >= 0.3 is 6.09 Å². The van der Waals surface area contributed by atoms with Crippen LogP contribution in [0.5, 0.6) is 0 Å². The Bertz CT molecular complexity index is 516. The van der Waals surface area contributed by atoms with Gasteiger partial charge in [-0.3, -0.25) is 10.3 Å². The molecule has 0 spiro atoms. The second kappa shape index (κ2) is 13.3. The van der Waals surface area contributed by atoms with Gasteiger partial charge in [-0.1, -0.05) is 38.1 Å².